The summed E-state index contributed by atoms with van der Waals surface area (Å²) in [7, 11) is 0. The number of nitrogens with one attached hydrogen (secondary N) is 1. The van der Waals surface area contributed by atoms with E-state index in [9.17, 15) is 4.79 Å². The Kier molecular flexibility index (Phi) is 5.35. The average molecular weight is 425 g/mol. The molecule has 0 aliphatic carbocycles. The molecule has 0 saturated carbocycles. The van der Waals surface area contributed by atoms with E-state index in [0.29, 0.717) is 31.3 Å². The van der Waals surface area contributed by atoms with Gasteiger partial charge in [0.15, 0.2) is 0 Å². The number of para-hydroxylation sites is 2. The molecule has 0 unspecified atom stereocenters. The summed E-state index contributed by atoms with van der Waals surface area (Å²) in [6.45, 7) is 4.35. The second kappa shape index (κ2) is 8.28. The second-order valence-electron chi connectivity index (χ2n) is 7.99. The molecule has 3 aromatic rings. The van der Waals surface area contributed by atoms with Crippen LogP contribution in [0.2, 0.25) is 5.02 Å². The van der Waals surface area contributed by atoms with Gasteiger partial charge in [-0.15, -0.1) is 0 Å². The van der Waals surface area contributed by atoms with Crippen LogP contribution >= 0.6 is 11.6 Å². The quantitative estimate of drug-likeness (QED) is 0.691. The van der Waals surface area contributed by atoms with E-state index in [2.05, 4.69) is 16.0 Å². The van der Waals surface area contributed by atoms with Gasteiger partial charge >= 0.3 is 0 Å². The Bertz CT molecular complexity index is 1030. The van der Waals surface area contributed by atoms with Crippen molar-refractivity contribution in [2.45, 2.75) is 12.8 Å². The van der Waals surface area contributed by atoms with Gasteiger partial charge in [-0.2, -0.15) is 0 Å². The molecule has 1 atom stereocenters. The van der Waals surface area contributed by atoms with Crippen LogP contribution in [0, 0.1) is 5.92 Å². The zero-order valence-electron chi connectivity index (χ0n) is 16.8. The third-order valence-corrected chi connectivity index (χ3v) is 6.38. The van der Waals surface area contributed by atoms with Gasteiger partial charge in [-0.25, -0.2) is 4.98 Å². The van der Waals surface area contributed by atoms with Crippen molar-refractivity contribution in [3.63, 3.8) is 0 Å². The molecule has 5 rings (SSSR count). The number of piperidine rings is 1. The third kappa shape index (κ3) is 3.77. The highest BCUT2D eigenvalue weighted by molar-refractivity contribution is 6.33. The highest BCUT2D eigenvalue weighted by atomic mass is 35.5. The van der Waals surface area contributed by atoms with Gasteiger partial charge in [0.25, 0.3) is 0 Å². The second-order valence-corrected chi connectivity index (χ2v) is 8.40. The molecule has 2 aliphatic heterocycles. The molecule has 1 amide bonds. The van der Waals surface area contributed by atoms with Crippen molar-refractivity contribution in [1.82, 2.24) is 14.9 Å². The van der Waals surface area contributed by atoms with Crippen LogP contribution in [0.1, 0.15) is 12.8 Å². The Morgan fingerprint density at radius 1 is 1.13 bits per heavy atom. The van der Waals surface area contributed by atoms with Crippen molar-refractivity contribution in [2.24, 2.45) is 5.92 Å². The Morgan fingerprint density at radius 3 is 2.80 bits per heavy atom. The number of amides is 1. The standard InChI is InChI=1S/C23H25ClN4O2/c24-19-8-7-17(14-18(19)22-25-20-5-1-2-6-21(20)26-22)28-9-3-4-16(15-28)23(29)27-10-12-30-13-11-27/h1-2,5-8,14,16H,3-4,9-13,15H2,(H,25,26)/t16-/m1/s1. The molecular formula is C23H25ClN4O2. The molecule has 0 bridgehead atoms. The topological polar surface area (TPSA) is 61.5 Å². The number of carbonyl (C=O) groups excluding carboxylic acids is 1. The first kappa shape index (κ1) is 19.4. The maximum absolute atomic E-state index is 13.0. The number of ether oxygens (including phenoxy) is 1. The summed E-state index contributed by atoms with van der Waals surface area (Å²) in [5.41, 5.74) is 3.87. The molecular weight excluding hydrogens is 400 g/mol. The number of imidazole rings is 1. The lowest BCUT2D eigenvalue weighted by Crippen LogP contribution is -2.48. The third-order valence-electron chi connectivity index (χ3n) is 6.05. The Balaban J connectivity index is 1.38. The normalized spacial score (nSPS) is 20.0. The smallest absolute Gasteiger partial charge is 0.227 e. The van der Waals surface area contributed by atoms with Crippen LogP contribution in [-0.4, -0.2) is 60.2 Å². The van der Waals surface area contributed by atoms with Crippen molar-refractivity contribution < 1.29 is 9.53 Å². The van der Waals surface area contributed by atoms with E-state index in [1.165, 1.54) is 0 Å². The molecule has 3 heterocycles. The van der Waals surface area contributed by atoms with Gasteiger partial charge in [-0.1, -0.05) is 23.7 Å². The number of benzene rings is 2. The van der Waals surface area contributed by atoms with Crippen LogP contribution in [0.15, 0.2) is 42.5 Å². The largest absolute Gasteiger partial charge is 0.378 e. The number of rotatable bonds is 3. The van der Waals surface area contributed by atoms with Crippen LogP contribution in [0.5, 0.6) is 0 Å². The number of anilines is 1. The number of hydrogen-bond donors (Lipinski definition) is 1. The lowest BCUT2D eigenvalue weighted by molar-refractivity contribution is -0.139. The number of hydrogen-bond acceptors (Lipinski definition) is 4. The number of fused-ring (bicyclic) bond motifs is 1. The summed E-state index contributed by atoms with van der Waals surface area (Å²) in [4.78, 5) is 25.3. The summed E-state index contributed by atoms with van der Waals surface area (Å²) in [6.07, 6.45) is 1.94. The van der Waals surface area contributed by atoms with E-state index < -0.39 is 0 Å². The molecule has 2 saturated heterocycles. The van der Waals surface area contributed by atoms with Crippen molar-refractivity contribution in [3.05, 3.63) is 47.5 Å². The molecule has 1 N–H and O–H groups in total. The molecule has 2 aromatic carbocycles. The fraction of sp³-hybridized carbons (Fsp3) is 0.391. The van der Waals surface area contributed by atoms with Crippen LogP contribution in [0.4, 0.5) is 5.69 Å². The van der Waals surface area contributed by atoms with Crippen molar-refractivity contribution in [3.8, 4) is 11.4 Å². The molecule has 7 heteroatoms. The van der Waals surface area contributed by atoms with E-state index >= 15 is 0 Å². The van der Waals surface area contributed by atoms with Gasteiger partial charge in [0.1, 0.15) is 5.82 Å². The van der Waals surface area contributed by atoms with Gasteiger partial charge < -0.3 is 19.5 Å². The average Bonchev–Trinajstić information content (AvgIpc) is 3.23. The molecule has 2 fully saturated rings. The summed E-state index contributed by atoms with van der Waals surface area (Å²) < 4.78 is 5.39. The lowest BCUT2D eigenvalue weighted by Gasteiger charge is -2.37. The van der Waals surface area contributed by atoms with Gasteiger partial charge in [-0.3, -0.25) is 4.79 Å². The highest BCUT2D eigenvalue weighted by Gasteiger charge is 2.30. The molecule has 6 nitrogen and oxygen atoms in total. The zero-order valence-corrected chi connectivity index (χ0v) is 17.6. The Hall–Kier alpha value is -2.57. The number of aromatic amines is 1. The number of carbonyl (C=O) groups is 1. The Morgan fingerprint density at radius 2 is 1.97 bits per heavy atom. The molecule has 156 valence electrons. The first-order chi connectivity index (χ1) is 14.7. The van der Waals surface area contributed by atoms with Crippen molar-refractivity contribution in [1.29, 1.82) is 0 Å². The molecule has 2 aliphatic rings. The minimum atomic E-state index is 0.0298. The summed E-state index contributed by atoms with van der Waals surface area (Å²) in [5, 5.41) is 0.663. The van der Waals surface area contributed by atoms with Gasteiger partial charge in [0, 0.05) is 37.4 Å². The summed E-state index contributed by atoms with van der Waals surface area (Å²) in [5.74, 6) is 1.05. The van der Waals surface area contributed by atoms with E-state index in [0.717, 1.165) is 54.0 Å². The predicted molar refractivity (Wildman–Crippen MR) is 119 cm³/mol. The number of H-pyrrole nitrogens is 1. The number of aromatic nitrogens is 2. The van der Waals surface area contributed by atoms with Crippen LogP contribution < -0.4 is 4.90 Å². The molecule has 0 radical (unpaired) electrons. The summed E-state index contributed by atoms with van der Waals surface area (Å²) >= 11 is 6.53. The first-order valence-electron chi connectivity index (χ1n) is 10.6. The van der Waals surface area contributed by atoms with E-state index in [1.807, 2.05) is 41.3 Å². The van der Waals surface area contributed by atoms with Gasteiger partial charge in [0.2, 0.25) is 5.91 Å². The monoisotopic (exact) mass is 424 g/mol. The van der Waals surface area contributed by atoms with Crippen molar-refractivity contribution >= 4 is 34.2 Å². The fourth-order valence-electron chi connectivity index (χ4n) is 4.43. The SMILES string of the molecule is O=C([C@@H]1CCCN(c2ccc(Cl)c(-c3nc4ccccc4[nH]3)c2)C1)N1CCOCC1. The number of halogens is 1. The van der Waals surface area contributed by atoms with E-state index in [-0.39, 0.29) is 11.8 Å². The maximum atomic E-state index is 13.0. The van der Waals surface area contributed by atoms with Gasteiger partial charge in [-0.05, 0) is 43.2 Å². The van der Waals surface area contributed by atoms with E-state index in [1.54, 1.807) is 0 Å². The van der Waals surface area contributed by atoms with E-state index in [4.69, 9.17) is 21.3 Å². The van der Waals surface area contributed by atoms with Crippen LogP contribution in [0.3, 0.4) is 0 Å². The molecule has 1 aromatic heterocycles. The van der Waals surface area contributed by atoms with Crippen LogP contribution in [0.25, 0.3) is 22.4 Å². The molecule has 30 heavy (non-hydrogen) atoms. The number of nitrogens with zero attached hydrogens (tertiary/aromatic N) is 3. The molecule has 0 spiro atoms. The lowest BCUT2D eigenvalue weighted by atomic mass is 9.95. The van der Waals surface area contributed by atoms with Crippen LogP contribution in [-0.2, 0) is 9.53 Å². The minimum Gasteiger partial charge on any atom is -0.378 e. The zero-order chi connectivity index (χ0) is 20.5. The highest BCUT2D eigenvalue weighted by Crippen LogP contribution is 2.33. The maximum Gasteiger partial charge on any atom is 0.227 e. The number of morpholine rings is 1. The predicted octanol–water partition coefficient (Wildman–Crippen LogP) is 3.96. The fourth-order valence-corrected chi connectivity index (χ4v) is 4.63. The minimum absolute atomic E-state index is 0.0298. The first-order valence-corrected chi connectivity index (χ1v) is 10.9. The van der Waals surface area contributed by atoms with Gasteiger partial charge in [0.05, 0.1) is 35.2 Å². The summed E-state index contributed by atoms with van der Waals surface area (Å²) in [6, 6.07) is 14.0. The Labute approximate surface area is 180 Å². The van der Waals surface area contributed by atoms with Crippen molar-refractivity contribution in [2.75, 3.05) is 44.3 Å².